The third-order valence-electron chi connectivity index (χ3n) is 2.54. The highest BCUT2D eigenvalue weighted by atomic mass is 32.2. The minimum absolute atomic E-state index is 0.181. The van der Waals surface area contributed by atoms with Crippen molar-refractivity contribution in [2.24, 2.45) is 0 Å². The Hall–Kier alpha value is -1.69. The summed E-state index contributed by atoms with van der Waals surface area (Å²) in [5.41, 5.74) is 0.105. The summed E-state index contributed by atoms with van der Waals surface area (Å²) in [6.45, 7) is 0. The van der Waals surface area contributed by atoms with Crippen LogP contribution in [0.5, 0.6) is 5.75 Å². The second kappa shape index (κ2) is 6.17. The first kappa shape index (κ1) is 14.7. The normalized spacial score (nSPS) is 11.4. The maximum Gasteiger partial charge on any atom is 0.420 e. The number of methoxy groups -OCH3 is 1. The van der Waals surface area contributed by atoms with Gasteiger partial charge in [0.05, 0.1) is 12.0 Å². The molecule has 0 fully saturated rings. The zero-order chi connectivity index (χ0) is 14.6. The number of pyridine rings is 1. The largest absolute Gasteiger partial charge is 0.495 e. The van der Waals surface area contributed by atoms with E-state index in [-0.39, 0.29) is 5.75 Å². The number of aromatic nitrogens is 1. The van der Waals surface area contributed by atoms with Crippen LogP contribution in [0.3, 0.4) is 0 Å². The van der Waals surface area contributed by atoms with Gasteiger partial charge < -0.3 is 4.74 Å². The molecule has 6 heteroatoms. The summed E-state index contributed by atoms with van der Waals surface area (Å²) in [5.74, 6) is 0.360. The van der Waals surface area contributed by atoms with Crippen molar-refractivity contribution in [3.8, 4) is 5.75 Å². The predicted molar refractivity (Wildman–Crippen MR) is 70.6 cm³/mol. The van der Waals surface area contributed by atoms with Crippen molar-refractivity contribution in [2.75, 3.05) is 7.11 Å². The van der Waals surface area contributed by atoms with Gasteiger partial charge in [0.25, 0.3) is 0 Å². The number of thioether (sulfide) groups is 1. The molecular formula is C14H11F3NOS. The number of hydrogen-bond donors (Lipinski definition) is 0. The third kappa shape index (κ3) is 3.45. The molecule has 1 radical (unpaired) electrons. The van der Waals surface area contributed by atoms with E-state index in [2.05, 4.69) is 11.1 Å². The molecule has 2 nitrogen and oxygen atoms in total. The van der Waals surface area contributed by atoms with Gasteiger partial charge in [-0.25, -0.2) is 0 Å². The number of rotatable bonds is 4. The lowest BCUT2D eigenvalue weighted by atomic mass is 10.2. The summed E-state index contributed by atoms with van der Waals surface area (Å²) in [6, 6.07) is 8.66. The molecule has 2 rings (SSSR count). The number of benzene rings is 1. The second-order valence-electron chi connectivity index (χ2n) is 3.89. The number of alkyl halides is 3. The maximum atomic E-state index is 12.8. The zero-order valence-electron chi connectivity index (χ0n) is 10.6. The molecule has 0 saturated carbocycles. The van der Waals surface area contributed by atoms with Crippen LogP contribution in [0.4, 0.5) is 13.2 Å². The van der Waals surface area contributed by atoms with E-state index < -0.39 is 11.7 Å². The molecule has 1 aromatic carbocycles. The van der Waals surface area contributed by atoms with Crippen LogP contribution in [0, 0.1) is 6.07 Å². The van der Waals surface area contributed by atoms with Crippen molar-refractivity contribution in [1.29, 1.82) is 0 Å². The average molecular weight is 298 g/mol. The van der Waals surface area contributed by atoms with E-state index in [9.17, 15) is 13.2 Å². The Labute approximate surface area is 119 Å². The molecule has 0 amide bonds. The molecule has 0 saturated heterocycles. The Morgan fingerprint density at radius 3 is 2.55 bits per heavy atom. The summed E-state index contributed by atoms with van der Waals surface area (Å²) in [6.07, 6.45) is -1.18. The van der Waals surface area contributed by atoms with Crippen molar-refractivity contribution in [3.05, 3.63) is 53.9 Å². The van der Waals surface area contributed by atoms with Gasteiger partial charge in [-0.05, 0) is 29.8 Å². The molecule has 1 heterocycles. The second-order valence-corrected chi connectivity index (χ2v) is 4.91. The molecule has 0 unspecified atom stereocenters. The van der Waals surface area contributed by atoms with Gasteiger partial charge in [-0.15, -0.1) is 11.8 Å². The summed E-state index contributed by atoms with van der Waals surface area (Å²) in [4.78, 5) is 4.33. The number of halogens is 3. The minimum Gasteiger partial charge on any atom is -0.495 e. The molecule has 1 aromatic heterocycles. The summed E-state index contributed by atoms with van der Waals surface area (Å²) in [7, 11) is 1.23. The van der Waals surface area contributed by atoms with E-state index in [1.165, 1.54) is 24.9 Å². The fourth-order valence-corrected chi connectivity index (χ4v) is 2.63. The topological polar surface area (TPSA) is 22.1 Å². The maximum absolute atomic E-state index is 12.8. The molecule has 0 N–H and O–H groups in total. The number of hydrogen-bond acceptors (Lipinski definition) is 3. The molecule has 2 aromatic rings. The Kier molecular flexibility index (Phi) is 4.54. The van der Waals surface area contributed by atoms with Crippen molar-refractivity contribution in [1.82, 2.24) is 4.98 Å². The van der Waals surface area contributed by atoms with Gasteiger partial charge in [0.15, 0.2) is 0 Å². The lowest BCUT2D eigenvalue weighted by Gasteiger charge is -2.14. The van der Waals surface area contributed by atoms with Gasteiger partial charge in [-0.1, -0.05) is 6.07 Å². The average Bonchev–Trinajstić information content (AvgIpc) is 2.44. The summed E-state index contributed by atoms with van der Waals surface area (Å²) in [5, 5.41) is 0. The van der Waals surface area contributed by atoms with Crippen molar-refractivity contribution in [2.45, 2.75) is 16.8 Å². The highest BCUT2D eigenvalue weighted by Gasteiger charge is 2.35. The molecule has 0 aliphatic carbocycles. The van der Waals surface area contributed by atoms with Crippen LogP contribution in [-0.4, -0.2) is 12.1 Å². The molecule has 0 bridgehead atoms. The van der Waals surface area contributed by atoms with Gasteiger partial charge in [0, 0.05) is 18.1 Å². The van der Waals surface area contributed by atoms with Crippen LogP contribution in [0.1, 0.15) is 11.1 Å². The third-order valence-corrected chi connectivity index (χ3v) is 3.65. The van der Waals surface area contributed by atoms with E-state index in [1.807, 2.05) is 12.1 Å². The van der Waals surface area contributed by atoms with Crippen LogP contribution in [0.15, 0.2) is 41.6 Å². The first-order valence-electron chi connectivity index (χ1n) is 5.70. The summed E-state index contributed by atoms with van der Waals surface area (Å²) >= 11 is 1.28. The fourth-order valence-electron chi connectivity index (χ4n) is 1.63. The molecule has 0 aliphatic heterocycles. The van der Waals surface area contributed by atoms with Crippen molar-refractivity contribution < 1.29 is 17.9 Å². The van der Waals surface area contributed by atoms with Gasteiger partial charge >= 0.3 is 6.18 Å². The Morgan fingerprint density at radius 1 is 1.25 bits per heavy atom. The van der Waals surface area contributed by atoms with Crippen molar-refractivity contribution in [3.63, 3.8) is 0 Å². The molecule has 0 aliphatic rings. The predicted octanol–water partition coefficient (Wildman–Crippen LogP) is 4.20. The first-order chi connectivity index (χ1) is 9.52. The molecule has 105 valence electrons. The SMILES string of the molecule is COc1c(C(F)(F)F)[c]ccc1SCc1ccncc1. The lowest BCUT2D eigenvalue weighted by molar-refractivity contribution is -0.139. The Morgan fingerprint density at radius 2 is 1.95 bits per heavy atom. The quantitative estimate of drug-likeness (QED) is 0.790. The highest BCUT2D eigenvalue weighted by Crippen LogP contribution is 2.41. The zero-order valence-corrected chi connectivity index (χ0v) is 11.4. The first-order valence-corrected chi connectivity index (χ1v) is 6.68. The van der Waals surface area contributed by atoms with E-state index in [1.54, 1.807) is 18.5 Å². The Bertz CT molecular complexity index is 572. The molecule has 0 atom stereocenters. The van der Waals surface area contributed by atoms with Gasteiger partial charge in [-0.3, -0.25) is 4.98 Å². The van der Waals surface area contributed by atoms with Crippen LogP contribution in [0.25, 0.3) is 0 Å². The Balaban J connectivity index is 2.24. The van der Waals surface area contributed by atoms with Crippen LogP contribution >= 0.6 is 11.8 Å². The molecule has 0 spiro atoms. The number of nitrogens with zero attached hydrogens (tertiary/aromatic N) is 1. The fraction of sp³-hybridized carbons (Fsp3) is 0.214. The van der Waals surface area contributed by atoms with Gasteiger partial charge in [0.1, 0.15) is 11.3 Å². The van der Waals surface area contributed by atoms with Gasteiger partial charge in [0.2, 0.25) is 0 Å². The van der Waals surface area contributed by atoms with Crippen LogP contribution in [0.2, 0.25) is 0 Å². The monoisotopic (exact) mass is 298 g/mol. The number of ether oxygens (including phenoxy) is 1. The van der Waals surface area contributed by atoms with E-state index in [0.29, 0.717) is 10.6 Å². The lowest BCUT2D eigenvalue weighted by Crippen LogP contribution is -2.08. The minimum atomic E-state index is -4.47. The van der Waals surface area contributed by atoms with E-state index >= 15 is 0 Å². The standard InChI is InChI=1S/C14H11F3NOS/c1-19-13-11(14(15,16)17)3-2-4-12(13)20-9-10-5-7-18-8-6-10/h2,4-8H,9H2,1H3. The molecule has 20 heavy (non-hydrogen) atoms. The van der Waals surface area contributed by atoms with E-state index in [4.69, 9.17) is 4.74 Å². The smallest absolute Gasteiger partial charge is 0.420 e. The molecular weight excluding hydrogens is 287 g/mol. The van der Waals surface area contributed by atoms with E-state index in [0.717, 1.165) is 5.56 Å². The van der Waals surface area contributed by atoms with Crippen LogP contribution in [-0.2, 0) is 11.9 Å². The summed E-state index contributed by atoms with van der Waals surface area (Å²) < 4.78 is 43.5. The van der Waals surface area contributed by atoms with Crippen molar-refractivity contribution >= 4 is 11.8 Å². The van der Waals surface area contributed by atoms with Crippen LogP contribution < -0.4 is 4.74 Å². The van der Waals surface area contributed by atoms with Gasteiger partial charge in [-0.2, -0.15) is 13.2 Å². The highest BCUT2D eigenvalue weighted by molar-refractivity contribution is 7.98.